The average molecular weight is 573 g/mol. The summed E-state index contributed by atoms with van der Waals surface area (Å²) in [5, 5.41) is 21.5. The molecule has 0 spiro atoms. The minimum absolute atomic E-state index is 0.149. The zero-order chi connectivity index (χ0) is 28.6. The second kappa shape index (κ2) is 9.04. The molecule has 0 radical (unpaired) electrons. The minimum Gasteiger partial charge on any atom is -0.384 e. The van der Waals surface area contributed by atoms with Crippen molar-refractivity contribution in [3.8, 4) is 5.69 Å². The molecule has 3 unspecified atom stereocenters. The monoisotopic (exact) mass is 572 g/mol. The number of hydrogen-bond acceptors (Lipinski definition) is 6. The van der Waals surface area contributed by atoms with Crippen LogP contribution in [0.15, 0.2) is 84.3 Å². The first-order chi connectivity index (χ1) is 19.6. The summed E-state index contributed by atoms with van der Waals surface area (Å²) in [5.41, 5.74) is 2.30. The number of pyridine rings is 1. The summed E-state index contributed by atoms with van der Waals surface area (Å²) < 4.78 is 45.8. The van der Waals surface area contributed by atoms with Gasteiger partial charge in [0, 0.05) is 43.3 Å². The Hall–Kier alpha value is -3.93. The van der Waals surface area contributed by atoms with E-state index < -0.39 is 21.0 Å². The number of fused-ring (bicyclic) bond motifs is 2. The maximum Gasteiger partial charge on any atom is 0.246 e. The summed E-state index contributed by atoms with van der Waals surface area (Å²) in [6.07, 6.45) is 7.05. The van der Waals surface area contributed by atoms with Gasteiger partial charge in [0.25, 0.3) is 0 Å². The van der Waals surface area contributed by atoms with Gasteiger partial charge in [0.05, 0.1) is 29.3 Å². The molecule has 5 aromatic rings. The Labute approximate surface area is 236 Å². The maximum atomic E-state index is 13.7. The van der Waals surface area contributed by atoms with Crippen LogP contribution in [0.1, 0.15) is 29.7 Å². The fourth-order valence-electron chi connectivity index (χ4n) is 6.99. The van der Waals surface area contributed by atoms with E-state index in [2.05, 4.69) is 21.2 Å². The number of halogens is 1. The van der Waals surface area contributed by atoms with Gasteiger partial charge in [-0.05, 0) is 85.3 Å². The number of aromatic nitrogens is 5. The molecule has 7 rings (SSSR count). The molecule has 1 N–H and O–H groups in total. The number of sulfonamides is 1. The van der Waals surface area contributed by atoms with Gasteiger partial charge in [-0.25, -0.2) is 17.5 Å². The molecule has 0 amide bonds. The van der Waals surface area contributed by atoms with Gasteiger partial charge in [0.15, 0.2) is 0 Å². The normalized spacial score (nSPS) is 24.7. The lowest BCUT2D eigenvalue weighted by atomic mass is 9.72. The Balaban J connectivity index is 1.35. The summed E-state index contributed by atoms with van der Waals surface area (Å²) >= 11 is 0. The van der Waals surface area contributed by atoms with Gasteiger partial charge in [0.2, 0.25) is 10.0 Å². The summed E-state index contributed by atoms with van der Waals surface area (Å²) in [5.74, 6) is -0.466. The Bertz CT molecular complexity index is 1890. The molecule has 9 nitrogen and oxygen atoms in total. The standard InChI is InChI=1S/C30H29FN6O3S/c1-20-11-27-21(14-34-37(27)24-8-6-23(31)7-9-24)12-26(20)29-18-30(38,28-5-3-4-10-32-28)13-22(29)16-36(19-29)41(39,40)25-15-33-35(2)17-25/h3-12,14-15,17,22,38H,13,16,18-19H2,1-2H3. The third kappa shape index (κ3) is 4.02. The predicted octanol–water partition coefficient (Wildman–Crippen LogP) is 3.84. The van der Waals surface area contributed by atoms with Crippen molar-refractivity contribution in [2.45, 2.75) is 35.7 Å². The van der Waals surface area contributed by atoms with E-state index in [1.807, 2.05) is 31.2 Å². The zero-order valence-corrected chi connectivity index (χ0v) is 23.5. The number of hydrogen-bond donors (Lipinski definition) is 1. The highest BCUT2D eigenvalue weighted by Crippen LogP contribution is 2.58. The maximum absolute atomic E-state index is 13.7. The van der Waals surface area contributed by atoms with Crippen molar-refractivity contribution < 1.29 is 17.9 Å². The van der Waals surface area contributed by atoms with Gasteiger partial charge < -0.3 is 5.11 Å². The van der Waals surface area contributed by atoms with Crippen molar-refractivity contribution in [2.24, 2.45) is 13.0 Å². The summed E-state index contributed by atoms with van der Waals surface area (Å²) in [6.45, 7) is 2.51. The van der Waals surface area contributed by atoms with Crippen LogP contribution in [-0.4, -0.2) is 55.5 Å². The molecular formula is C30H29FN6O3S. The van der Waals surface area contributed by atoms with Crippen LogP contribution in [0.3, 0.4) is 0 Å². The predicted molar refractivity (Wildman–Crippen MR) is 150 cm³/mol. The van der Waals surface area contributed by atoms with Crippen LogP contribution < -0.4 is 0 Å². The molecule has 1 aliphatic heterocycles. The van der Waals surface area contributed by atoms with Gasteiger partial charge in [-0.15, -0.1) is 0 Å². The number of aliphatic hydroxyl groups is 1. The summed E-state index contributed by atoms with van der Waals surface area (Å²) in [6, 6.07) is 15.8. The van der Waals surface area contributed by atoms with E-state index in [1.165, 1.54) is 33.5 Å². The lowest BCUT2D eigenvalue weighted by Crippen LogP contribution is -2.38. The van der Waals surface area contributed by atoms with Crippen LogP contribution in [-0.2, 0) is 28.1 Å². The largest absolute Gasteiger partial charge is 0.384 e. The van der Waals surface area contributed by atoms with E-state index in [-0.39, 0.29) is 29.7 Å². The second-order valence-corrected chi connectivity index (χ2v) is 13.3. The van der Waals surface area contributed by atoms with Crippen molar-refractivity contribution in [3.63, 3.8) is 0 Å². The zero-order valence-electron chi connectivity index (χ0n) is 22.6. The fourth-order valence-corrected chi connectivity index (χ4v) is 8.53. The molecule has 1 saturated carbocycles. The molecule has 210 valence electrons. The minimum atomic E-state index is -3.79. The first-order valence-electron chi connectivity index (χ1n) is 13.5. The smallest absolute Gasteiger partial charge is 0.246 e. The molecule has 0 bridgehead atoms. The molecule has 2 aromatic carbocycles. The molecule has 41 heavy (non-hydrogen) atoms. The molecule has 4 heterocycles. The van der Waals surface area contributed by atoms with E-state index in [1.54, 1.807) is 36.3 Å². The van der Waals surface area contributed by atoms with Crippen molar-refractivity contribution in [1.29, 1.82) is 0 Å². The second-order valence-electron chi connectivity index (χ2n) is 11.4. The van der Waals surface area contributed by atoms with Crippen LogP contribution in [0.5, 0.6) is 0 Å². The highest BCUT2D eigenvalue weighted by atomic mass is 32.2. The molecule has 3 atom stereocenters. The highest BCUT2D eigenvalue weighted by molar-refractivity contribution is 7.89. The molecular weight excluding hydrogens is 543 g/mol. The van der Waals surface area contributed by atoms with Crippen molar-refractivity contribution in [2.75, 3.05) is 13.1 Å². The number of benzene rings is 2. The first kappa shape index (κ1) is 26.0. The molecule has 3 aromatic heterocycles. The van der Waals surface area contributed by atoms with Crippen molar-refractivity contribution in [3.05, 3.63) is 102 Å². The van der Waals surface area contributed by atoms with E-state index in [9.17, 15) is 17.9 Å². The molecule has 2 fully saturated rings. The van der Waals surface area contributed by atoms with Crippen molar-refractivity contribution >= 4 is 20.9 Å². The third-order valence-electron chi connectivity index (χ3n) is 8.84. The summed E-state index contributed by atoms with van der Waals surface area (Å²) in [4.78, 5) is 4.64. The van der Waals surface area contributed by atoms with Crippen LogP contribution in [0.2, 0.25) is 0 Å². The van der Waals surface area contributed by atoms with E-state index >= 15 is 0 Å². The number of nitrogens with zero attached hydrogens (tertiary/aromatic N) is 6. The van der Waals surface area contributed by atoms with Gasteiger partial charge in [0.1, 0.15) is 16.3 Å². The van der Waals surface area contributed by atoms with Gasteiger partial charge in [-0.3, -0.25) is 9.67 Å². The van der Waals surface area contributed by atoms with Crippen LogP contribution in [0, 0.1) is 18.7 Å². The fraction of sp³-hybridized carbons (Fsp3) is 0.300. The van der Waals surface area contributed by atoms with Crippen LogP contribution in [0.4, 0.5) is 4.39 Å². The number of aryl methyl sites for hydroxylation is 2. The van der Waals surface area contributed by atoms with E-state index in [0.717, 1.165) is 27.7 Å². The average Bonchev–Trinajstić information content (AvgIpc) is 3.71. The van der Waals surface area contributed by atoms with Gasteiger partial charge >= 0.3 is 0 Å². The Morgan fingerprint density at radius 2 is 1.88 bits per heavy atom. The molecule has 2 aliphatic rings. The first-order valence-corrected chi connectivity index (χ1v) is 14.9. The topological polar surface area (TPSA) is 106 Å². The number of rotatable bonds is 5. The van der Waals surface area contributed by atoms with Crippen LogP contribution in [0.25, 0.3) is 16.6 Å². The van der Waals surface area contributed by atoms with Gasteiger partial charge in [-0.1, -0.05) is 6.07 Å². The molecule has 1 saturated heterocycles. The van der Waals surface area contributed by atoms with Gasteiger partial charge in [-0.2, -0.15) is 14.5 Å². The third-order valence-corrected chi connectivity index (χ3v) is 10.6. The Morgan fingerprint density at radius 1 is 1.07 bits per heavy atom. The molecule has 1 aliphatic carbocycles. The molecule has 11 heteroatoms. The quantitative estimate of drug-likeness (QED) is 0.343. The van der Waals surface area contributed by atoms with Crippen molar-refractivity contribution in [1.82, 2.24) is 28.9 Å². The van der Waals surface area contributed by atoms with E-state index in [0.29, 0.717) is 18.5 Å². The van der Waals surface area contributed by atoms with E-state index in [4.69, 9.17) is 0 Å². The Kier molecular flexibility index (Phi) is 5.73. The lowest BCUT2D eigenvalue weighted by Gasteiger charge is -2.33. The van der Waals surface area contributed by atoms with Crippen LogP contribution >= 0.6 is 0 Å². The lowest BCUT2D eigenvalue weighted by molar-refractivity contribution is 0.0274. The summed E-state index contributed by atoms with van der Waals surface area (Å²) in [7, 11) is -2.10. The SMILES string of the molecule is Cc1cc2c(cnn2-c2ccc(F)cc2)cc1C12CN(S(=O)(=O)c3cnn(C)c3)CC1CC(O)(c1ccccn1)C2. The highest BCUT2D eigenvalue weighted by Gasteiger charge is 2.62. The Morgan fingerprint density at radius 3 is 2.59 bits per heavy atom.